The molecule has 21 nitrogen and oxygen atoms in total. The molecule has 9 amide bonds. The number of isocyanates is 1. The van der Waals surface area contributed by atoms with Crippen LogP contribution < -0.4 is 47.9 Å². The highest BCUT2D eigenvalue weighted by atomic mass is 16.5. The molecule has 2 aliphatic carbocycles. The highest BCUT2D eigenvalue weighted by molar-refractivity contribution is 5.99. The molecule has 1 unspecified atom stereocenters. The zero-order chi connectivity index (χ0) is 45.3. The zero-order valence-corrected chi connectivity index (χ0v) is 34.7. The van der Waals surface area contributed by atoms with E-state index in [1.54, 1.807) is 48.6 Å². The van der Waals surface area contributed by atoms with Gasteiger partial charge in [0.05, 0.1) is 12.3 Å². The monoisotopic (exact) mass is 873 g/mol. The number of benzene rings is 3. The number of aliphatic hydroxyl groups excluding tert-OH is 1. The van der Waals surface area contributed by atoms with Crippen LogP contribution in [0.25, 0.3) is 11.1 Å². The Morgan fingerprint density at radius 2 is 1.39 bits per heavy atom. The van der Waals surface area contributed by atoms with E-state index in [-0.39, 0.29) is 62.7 Å². The number of aliphatic imine (C=N–C) groups is 1. The van der Waals surface area contributed by atoms with Gasteiger partial charge in [0.25, 0.3) is 0 Å². The number of rotatable bonds is 17. The molecule has 0 saturated heterocycles. The second kappa shape index (κ2) is 22.6. The number of nitrogens with one attached hydrogen (secondary N) is 9. The quantitative estimate of drug-likeness (QED) is 0.0331. The summed E-state index contributed by atoms with van der Waals surface area (Å²) in [4.78, 5) is 88.3. The molecule has 332 valence electrons. The normalized spacial score (nSPS) is 13.2. The van der Waals surface area contributed by atoms with Crippen LogP contribution in [0, 0.1) is 5.92 Å². The molecule has 0 aliphatic heterocycles. The van der Waals surface area contributed by atoms with E-state index in [0.717, 1.165) is 39.7 Å². The summed E-state index contributed by atoms with van der Waals surface area (Å²) in [5.41, 5.74) is 8.16. The second-order valence-electron chi connectivity index (χ2n) is 14.5. The Balaban J connectivity index is 0.843. The van der Waals surface area contributed by atoms with Crippen LogP contribution in [0.15, 0.2) is 95.4 Å². The van der Waals surface area contributed by atoms with Gasteiger partial charge in [0.2, 0.25) is 18.0 Å². The van der Waals surface area contributed by atoms with Crippen molar-refractivity contribution in [3.8, 4) is 11.1 Å². The average Bonchev–Trinajstić information content (AvgIpc) is 3.63. The zero-order valence-electron chi connectivity index (χ0n) is 34.7. The number of allylic oxidation sites excluding steroid dienone is 3. The smallest absolute Gasteiger partial charge is 0.411 e. The molecule has 21 heteroatoms. The van der Waals surface area contributed by atoms with Gasteiger partial charge in [-0.05, 0) is 96.0 Å². The van der Waals surface area contributed by atoms with Crippen molar-refractivity contribution in [3.63, 3.8) is 0 Å². The Kier molecular flexibility index (Phi) is 16.0. The van der Waals surface area contributed by atoms with E-state index in [1.165, 1.54) is 0 Å². The summed E-state index contributed by atoms with van der Waals surface area (Å²) in [7, 11) is 0. The fourth-order valence-electron chi connectivity index (χ4n) is 6.66. The molecular formula is C43H47N13O8. The van der Waals surface area contributed by atoms with Gasteiger partial charge in [-0.3, -0.25) is 16.0 Å². The minimum Gasteiger partial charge on any atom is -0.449 e. The Morgan fingerprint density at radius 1 is 0.734 bits per heavy atom. The van der Waals surface area contributed by atoms with Crippen LogP contribution in [0.5, 0.6) is 0 Å². The van der Waals surface area contributed by atoms with Crippen LogP contribution in [-0.4, -0.2) is 89.2 Å². The van der Waals surface area contributed by atoms with Gasteiger partial charge in [-0.15, -0.1) is 0 Å². The maximum Gasteiger partial charge on any atom is 0.411 e. The van der Waals surface area contributed by atoms with Gasteiger partial charge in [0, 0.05) is 55.8 Å². The molecule has 3 aromatic carbocycles. The van der Waals surface area contributed by atoms with Crippen LogP contribution in [-0.2, 0) is 22.5 Å². The van der Waals surface area contributed by atoms with Crippen molar-refractivity contribution in [3.05, 3.63) is 107 Å². The minimum absolute atomic E-state index is 0.00929. The number of hydrogen-bond donors (Lipinski definition) is 10. The van der Waals surface area contributed by atoms with Crippen molar-refractivity contribution in [2.24, 2.45) is 10.9 Å². The maximum absolute atomic E-state index is 12.8. The summed E-state index contributed by atoms with van der Waals surface area (Å²) >= 11 is 0. The molecule has 0 bridgehead atoms. The van der Waals surface area contributed by atoms with Gasteiger partial charge in [0.15, 0.2) is 0 Å². The molecule has 0 radical (unpaired) electrons. The molecule has 4 aromatic rings. The third kappa shape index (κ3) is 13.7. The van der Waals surface area contributed by atoms with Crippen molar-refractivity contribution in [1.82, 2.24) is 41.5 Å². The molecule has 0 fully saturated rings. The maximum atomic E-state index is 12.8. The number of anilines is 4. The third-order valence-electron chi connectivity index (χ3n) is 9.77. The average molecular weight is 874 g/mol. The first-order valence-corrected chi connectivity index (χ1v) is 20.3. The molecular weight excluding hydrogens is 827 g/mol. The molecule has 0 spiro atoms. The summed E-state index contributed by atoms with van der Waals surface area (Å²) in [5, 5.41) is 32.9. The number of urea groups is 4. The molecule has 64 heavy (non-hydrogen) atoms. The van der Waals surface area contributed by atoms with E-state index in [9.17, 15) is 28.8 Å². The number of amides is 9. The topological polar surface area (TPSA) is 291 Å². The Morgan fingerprint density at radius 3 is 2.09 bits per heavy atom. The predicted octanol–water partition coefficient (Wildman–Crippen LogP) is 5.15. The third-order valence-corrected chi connectivity index (χ3v) is 9.77. The van der Waals surface area contributed by atoms with Crippen LogP contribution in [0.2, 0.25) is 0 Å². The number of aromatic nitrogens is 3. The van der Waals surface area contributed by atoms with E-state index in [0.29, 0.717) is 55.0 Å². The number of carbonyl (C=O) groups excluding carboxylic acids is 6. The summed E-state index contributed by atoms with van der Waals surface area (Å²) in [6.07, 6.45) is 7.73. The molecule has 2 aliphatic rings. The lowest BCUT2D eigenvalue weighted by Crippen LogP contribution is -2.38. The largest absolute Gasteiger partial charge is 0.449 e. The second-order valence-corrected chi connectivity index (χ2v) is 14.5. The van der Waals surface area contributed by atoms with Crippen LogP contribution in [0.4, 0.5) is 52.9 Å². The van der Waals surface area contributed by atoms with Gasteiger partial charge in [-0.25, -0.2) is 38.7 Å². The molecule has 0 saturated carbocycles. The van der Waals surface area contributed by atoms with Crippen molar-refractivity contribution < 1.29 is 38.6 Å². The highest BCUT2D eigenvalue weighted by Crippen LogP contribution is 2.39. The number of hydrogen-bond acceptors (Lipinski definition) is 12. The van der Waals surface area contributed by atoms with Crippen molar-refractivity contribution >= 4 is 65.3 Å². The summed E-state index contributed by atoms with van der Waals surface area (Å²) in [5.74, 6) is -0.293. The van der Waals surface area contributed by atoms with Gasteiger partial charge in [0.1, 0.15) is 6.33 Å². The summed E-state index contributed by atoms with van der Waals surface area (Å²) in [6.45, 7) is 3.21. The summed E-state index contributed by atoms with van der Waals surface area (Å²) < 4.78 is 5.29. The van der Waals surface area contributed by atoms with Crippen molar-refractivity contribution in [1.29, 1.82) is 0 Å². The lowest BCUT2D eigenvalue weighted by Gasteiger charge is -2.22. The summed E-state index contributed by atoms with van der Waals surface area (Å²) in [6, 6.07) is 16.0. The fraction of sp³-hybridized carbons (Fsp3) is 0.279. The molecule has 1 atom stereocenters. The standard InChI is InChI=1S/C43H47N13O8/c1-26-18-28(23-47-40(60)45-15-3-17-64-43(63)52-33-10-12-35-30(21-33)19-29-20-32(50-25-58)9-11-34(29)35)6-13-36(26)53-42(62)56-38-49-24-48-37(54-38)55-41(61)51-31-7-4-27(5-8-31)22-46-39(59)44-14-2-16-57/h4-13,20-21,24,26,57H,2-3,14-19,22-23H2,1H3,(H,52,63)(H2,44,46,59)(H2,45,47,60)(H4,48,49,51,53,54,55,56,61,62). The molecule has 10 N–H and O–H groups in total. The van der Waals surface area contributed by atoms with Gasteiger partial charge in [-0.1, -0.05) is 42.8 Å². The SMILES string of the molecule is CC1CC(CNC(=O)NCCCOC(=O)Nc2ccc3c(c2)Cc2cc(N=C=O)ccc2-3)=CC=C1NC(=O)Nc1ncnc(NC(=O)Nc2ccc(CNC(=O)NCCCO)cc2)n1. The van der Waals surface area contributed by atoms with Crippen LogP contribution in [0.1, 0.15) is 42.9 Å². The van der Waals surface area contributed by atoms with Gasteiger partial charge < -0.3 is 41.7 Å². The molecule has 6 rings (SSSR count). The van der Waals surface area contributed by atoms with E-state index < -0.39 is 18.2 Å². The first-order chi connectivity index (χ1) is 31.0. The number of fused-ring (bicyclic) bond motifs is 3. The predicted molar refractivity (Wildman–Crippen MR) is 236 cm³/mol. The Bertz CT molecular complexity index is 2470. The van der Waals surface area contributed by atoms with Crippen molar-refractivity contribution in [2.75, 3.05) is 54.1 Å². The van der Waals surface area contributed by atoms with E-state index in [1.807, 2.05) is 37.3 Å². The van der Waals surface area contributed by atoms with E-state index >= 15 is 0 Å². The molecule has 1 heterocycles. The Labute approximate surface area is 367 Å². The van der Waals surface area contributed by atoms with Crippen molar-refractivity contribution in [2.45, 2.75) is 39.2 Å². The lowest BCUT2D eigenvalue weighted by atomic mass is 9.92. The lowest BCUT2D eigenvalue weighted by molar-refractivity contribution is 0.160. The van der Waals surface area contributed by atoms with E-state index in [4.69, 9.17) is 9.84 Å². The Hall–Kier alpha value is -8.16. The highest BCUT2D eigenvalue weighted by Gasteiger charge is 2.21. The number of carbonyl (C=O) groups is 5. The van der Waals surface area contributed by atoms with Crippen LogP contribution in [0.3, 0.4) is 0 Å². The van der Waals surface area contributed by atoms with Gasteiger partial charge >= 0.3 is 30.2 Å². The van der Waals surface area contributed by atoms with Gasteiger partial charge in [-0.2, -0.15) is 9.98 Å². The van der Waals surface area contributed by atoms with Crippen LogP contribution >= 0.6 is 0 Å². The number of aliphatic hydroxyl groups is 1. The first-order valence-electron chi connectivity index (χ1n) is 20.3. The fourth-order valence-corrected chi connectivity index (χ4v) is 6.66. The number of ether oxygens (including phenoxy) is 1. The van der Waals surface area contributed by atoms with E-state index in [2.05, 4.69) is 67.8 Å². The molecule has 1 aromatic heterocycles. The minimum atomic E-state index is -0.636. The first kappa shape index (κ1) is 45.4. The number of nitrogens with zero attached hydrogens (tertiary/aromatic N) is 4.